The molecule has 6 heteroatoms. The molecule has 2 amide bonds. The van der Waals surface area contributed by atoms with Crippen LogP contribution in [0.1, 0.15) is 42.6 Å². The summed E-state index contributed by atoms with van der Waals surface area (Å²) in [5, 5.41) is 0. The molecule has 0 aliphatic carbocycles. The molecule has 0 spiro atoms. The molecule has 4 rings (SSSR count). The van der Waals surface area contributed by atoms with Gasteiger partial charge < -0.3 is 14.5 Å². The number of carbonyl (C=O) groups is 2. The Balaban J connectivity index is 1.46. The summed E-state index contributed by atoms with van der Waals surface area (Å²) >= 11 is 0. The van der Waals surface area contributed by atoms with Crippen LogP contribution in [0, 0.1) is 30.6 Å². The third-order valence-corrected chi connectivity index (χ3v) is 7.06. The average molecular weight is 450 g/mol. The highest BCUT2D eigenvalue weighted by Gasteiger charge is 2.41. The number of aromatic nitrogens is 1. The van der Waals surface area contributed by atoms with Crippen molar-refractivity contribution in [1.29, 1.82) is 0 Å². The molecule has 0 radical (unpaired) electrons. The van der Waals surface area contributed by atoms with E-state index in [1.54, 1.807) is 12.4 Å². The van der Waals surface area contributed by atoms with Gasteiger partial charge in [-0.15, -0.1) is 0 Å². The molecule has 2 aliphatic rings. The topological polar surface area (TPSA) is 62.7 Å². The predicted octanol–water partition coefficient (Wildman–Crippen LogP) is 4.05. The summed E-state index contributed by atoms with van der Waals surface area (Å²) in [7, 11) is 0. The number of rotatable bonds is 6. The summed E-state index contributed by atoms with van der Waals surface area (Å²) in [6.45, 7) is 9.51. The van der Waals surface area contributed by atoms with E-state index in [1.165, 1.54) is 0 Å². The maximum Gasteiger partial charge on any atom is 0.255 e. The minimum atomic E-state index is 0.0381. The zero-order valence-corrected chi connectivity index (χ0v) is 19.9. The smallest absolute Gasteiger partial charge is 0.255 e. The third kappa shape index (κ3) is 5.55. The Labute approximate surface area is 196 Å². The minimum absolute atomic E-state index is 0.0381. The van der Waals surface area contributed by atoms with Crippen molar-refractivity contribution in [2.24, 2.45) is 23.7 Å². The van der Waals surface area contributed by atoms with Crippen molar-refractivity contribution in [3.8, 4) is 5.75 Å². The first-order valence-corrected chi connectivity index (χ1v) is 12.1. The van der Waals surface area contributed by atoms with Gasteiger partial charge in [0.15, 0.2) is 0 Å². The number of ether oxygens (including phenoxy) is 1. The minimum Gasteiger partial charge on any atom is -0.493 e. The standard InChI is InChI=1S/C27H35N3O3/c1-19(2)26(31)29-11-9-21(10-12-29)25-17-30(27(32)22-13-20(3)14-28-15-22)16-23(25)18-33-24-7-5-4-6-8-24/h4-8,13-15,19,21,23,25H,9-12,16-18H2,1-3H3/t23-,25-/m0/s1. The number of pyridine rings is 1. The van der Waals surface area contributed by atoms with Gasteiger partial charge in [-0.3, -0.25) is 14.6 Å². The van der Waals surface area contributed by atoms with E-state index in [0.29, 0.717) is 30.6 Å². The zero-order chi connectivity index (χ0) is 23.4. The van der Waals surface area contributed by atoms with Crippen molar-refractivity contribution in [3.63, 3.8) is 0 Å². The first kappa shape index (κ1) is 23.3. The number of carbonyl (C=O) groups excluding carboxylic acids is 2. The number of benzene rings is 1. The molecule has 2 saturated heterocycles. The lowest BCUT2D eigenvalue weighted by Gasteiger charge is -2.37. The summed E-state index contributed by atoms with van der Waals surface area (Å²) in [6, 6.07) is 11.8. The SMILES string of the molecule is Cc1cncc(C(=O)N2C[C@@H](COc3ccccc3)[C@H](C3CCN(C(=O)C(C)C)CC3)C2)c1. The van der Waals surface area contributed by atoms with Crippen LogP contribution in [0.4, 0.5) is 0 Å². The lowest BCUT2D eigenvalue weighted by Crippen LogP contribution is -2.43. The van der Waals surface area contributed by atoms with Crippen LogP contribution in [0.25, 0.3) is 0 Å². The normalized spacial score (nSPS) is 21.5. The van der Waals surface area contributed by atoms with Crippen LogP contribution in [-0.4, -0.2) is 59.4 Å². The second-order valence-corrected chi connectivity index (χ2v) is 9.83. The predicted molar refractivity (Wildman–Crippen MR) is 128 cm³/mol. The molecule has 0 unspecified atom stereocenters. The van der Waals surface area contributed by atoms with Crippen LogP contribution in [0.15, 0.2) is 48.8 Å². The molecule has 1 aromatic heterocycles. The Bertz CT molecular complexity index is 954. The lowest BCUT2D eigenvalue weighted by atomic mass is 9.78. The van der Waals surface area contributed by atoms with Gasteiger partial charge in [-0.25, -0.2) is 0 Å². The average Bonchev–Trinajstić information content (AvgIpc) is 3.26. The van der Waals surface area contributed by atoms with Gasteiger partial charge in [0.05, 0.1) is 12.2 Å². The maximum absolute atomic E-state index is 13.3. The fraction of sp³-hybridized carbons (Fsp3) is 0.519. The molecule has 0 saturated carbocycles. The fourth-order valence-electron chi connectivity index (χ4n) is 5.26. The van der Waals surface area contributed by atoms with E-state index >= 15 is 0 Å². The van der Waals surface area contributed by atoms with Gasteiger partial charge in [-0.1, -0.05) is 32.0 Å². The zero-order valence-electron chi connectivity index (χ0n) is 19.9. The molecule has 176 valence electrons. The Morgan fingerprint density at radius 3 is 2.45 bits per heavy atom. The Morgan fingerprint density at radius 1 is 1.06 bits per heavy atom. The van der Waals surface area contributed by atoms with Gasteiger partial charge in [-0.2, -0.15) is 0 Å². The highest BCUT2D eigenvalue weighted by molar-refractivity contribution is 5.94. The van der Waals surface area contributed by atoms with Crippen LogP contribution in [0.5, 0.6) is 5.75 Å². The van der Waals surface area contributed by atoms with Gasteiger partial charge in [0.2, 0.25) is 5.91 Å². The van der Waals surface area contributed by atoms with Crippen LogP contribution >= 0.6 is 0 Å². The Morgan fingerprint density at radius 2 is 1.79 bits per heavy atom. The third-order valence-electron chi connectivity index (χ3n) is 7.06. The molecule has 2 fully saturated rings. The molecule has 33 heavy (non-hydrogen) atoms. The number of hydrogen-bond acceptors (Lipinski definition) is 4. The van der Waals surface area contributed by atoms with Gasteiger partial charge in [0.1, 0.15) is 5.75 Å². The lowest BCUT2D eigenvalue weighted by molar-refractivity contribution is -0.136. The van der Waals surface area contributed by atoms with Crippen LogP contribution in [-0.2, 0) is 4.79 Å². The molecule has 6 nitrogen and oxygen atoms in total. The highest BCUT2D eigenvalue weighted by atomic mass is 16.5. The van der Waals surface area contributed by atoms with Gasteiger partial charge in [0, 0.05) is 50.4 Å². The number of para-hydroxylation sites is 1. The molecular formula is C27H35N3O3. The summed E-state index contributed by atoms with van der Waals surface area (Å²) in [4.78, 5) is 33.9. The number of aryl methyl sites for hydroxylation is 1. The first-order valence-electron chi connectivity index (χ1n) is 12.1. The number of likely N-dealkylation sites (tertiary alicyclic amines) is 2. The molecular weight excluding hydrogens is 414 g/mol. The van der Waals surface area contributed by atoms with Crippen molar-refractivity contribution in [3.05, 3.63) is 59.9 Å². The van der Waals surface area contributed by atoms with E-state index in [2.05, 4.69) is 4.98 Å². The van der Waals surface area contributed by atoms with E-state index in [0.717, 1.165) is 43.8 Å². The second-order valence-electron chi connectivity index (χ2n) is 9.83. The summed E-state index contributed by atoms with van der Waals surface area (Å²) in [5.74, 6) is 2.31. The number of hydrogen-bond donors (Lipinski definition) is 0. The molecule has 3 heterocycles. The summed E-state index contributed by atoms with van der Waals surface area (Å²) < 4.78 is 6.14. The van der Waals surface area contributed by atoms with E-state index < -0.39 is 0 Å². The Hall–Kier alpha value is -2.89. The van der Waals surface area contributed by atoms with Crippen molar-refractivity contribution in [1.82, 2.24) is 14.8 Å². The Kier molecular flexibility index (Phi) is 7.31. The van der Waals surface area contributed by atoms with Crippen molar-refractivity contribution in [2.45, 2.75) is 33.6 Å². The van der Waals surface area contributed by atoms with Gasteiger partial charge in [0.25, 0.3) is 5.91 Å². The highest BCUT2D eigenvalue weighted by Crippen LogP contribution is 2.37. The summed E-state index contributed by atoms with van der Waals surface area (Å²) in [6.07, 6.45) is 5.40. The number of amides is 2. The number of nitrogens with zero attached hydrogens (tertiary/aromatic N) is 3. The van der Waals surface area contributed by atoms with Gasteiger partial charge >= 0.3 is 0 Å². The molecule has 0 bridgehead atoms. The quantitative estimate of drug-likeness (QED) is 0.667. The first-order chi connectivity index (χ1) is 15.9. The van der Waals surface area contributed by atoms with Crippen molar-refractivity contribution >= 4 is 11.8 Å². The van der Waals surface area contributed by atoms with Crippen molar-refractivity contribution < 1.29 is 14.3 Å². The molecule has 2 aliphatic heterocycles. The maximum atomic E-state index is 13.3. The van der Waals surface area contributed by atoms with E-state index in [-0.39, 0.29) is 23.7 Å². The molecule has 2 atom stereocenters. The fourth-order valence-corrected chi connectivity index (χ4v) is 5.26. The molecule has 0 N–H and O–H groups in total. The van der Waals surface area contributed by atoms with E-state index in [9.17, 15) is 9.59 Å². The second kappa shape index (κ2) is 10.4. The van der Waals surface area contributed by atoms with Crippen LogP contribution in [0.2, 0.25) is 0 Å². The molecule has 2 aromatic rings. The summed E-state index contributed by atoms with van der Waals surface area (Å²) in [5.41, 5.74) is 1.64. The van der Waals surface area contributed by atoms with E-state index in [4.69, 9.17) is 4.74 Å². The molecule has 1 aromatic carbocycles. The monoisotopic (exact) mass is 449 g/mol. The van der Waals surface area contributed by atoms with Crippen molar-refractivity contribution in [2.75, 3.05) is 32.8 Å². The number of piperidine rings is 1. The van der Waals surface area contributed by atoms with E-state index in [1.807, 2.05) is 67.0 Å². The van der Waals surface area contributed by atoms with Crippen LogP contribution in [0.3, 0.4) is 0 Å². The largest absolute Gasteiger partial charge is 0.493 e. The van der Waals surface area contributed by atoms with Crippen LogP contribution < -0.4 is 4.74 Å². The van der Waals surface area contributed by atoms with Gasteiger partial charge in [-0.05, 0) is 55.4 Å².